The molecule has 1 amide bonds. The highest BCUT2D eigenvalue weighted by Gasteiger charge is 2.21. The van der Waals surface area contributed by atoms with E-state index in [4.69, 9.17) is 8.83 Å². The minimum atomic E-state index is -0.415. The fourth-order valence-corrected chi connectivity index (χ4v) is 3.01. The van der Waals surface area contributed by atoms with Gasteiger partial charge in [-0.1, -0.05) is 35.9 Å². The monoisotopic (exact) mass is 361 g/mol. The summed E-state index contributed by atoms with van der Waals surface area (Å²) < 4.78 is 11.4. The average Bonchev–Trinajstić information content (AvgIpc) is 3.26. The van der Waals surface area contributed by atoms with Crippen molar-refractivity contribution in [1.29, 1.82) is 0 Å². The number of aryl methyl sites for hydroxylation is 3. The van der Waals surface area contributed by atoms with Crippen LogP contribution >= 0.6 is 0 Å². The van der Waals surface area contributed by atoms with Gasteiger partial charge in [0.2, 0.25) is 0 Å². The van der Waals surface area contributed by atoms with Crippen LogP contribution in [0.3, 0.4) is 0 Å². The highest BCUT2D eigenvalue weighted by Crippen LogP contribution is 2.32. The predicted molar refractivity (Wildman–Crippen MR) is 101 cm³/mol. The number of hydrogen-bond donors (Lipinski definition) is 1. The maximum Gasteiger partial charge on any atom is 0.309 e. The van der Waals surface area contributed by atoms with Crippen LogP contribution < -0.4 is 5.32 Å². The predicted octanol–water partition coefficient (Wildman–Crippen LogP) is 4.34. The number of carbonyl (C=O) groups excluding carboxylic acids is 1. The fourth-order valence-electron chi connectivity index (χ4n) is 3.01. The van der Waals surface area contributed by atoms with E-state index in [1.165, 1.54) is 0 Å². The normalized spacial score (nSPS) is 11.1. The van der Waals surface area contributed by atoms with E-state index in [9.17, 15) is 4.79 Å². The van der Waals surface area contributed by atoms with Crippen molar-refractivity contribution in [3.8, 4) is 11.7 Å². The molecule has 0 unspecified atom stereocenters. The summed E-state index contributed by atoms with van der Waals surface area (Å²) in [4.78, 5) is 12.3. The van der Waals surface area contributed by atoms with Crippen LogP contribution in [-0.2, 0) is 6.54 Å². The van der Waals surface area contributed by atoms with E-state index in [0.29, 0.717) is 12.3 Å². The average molecular weight is 361 g/mol. The third-order valence-corrected chi connectivity index (χ3v) is 4.61. The van der Waals surface area contributed by atoms with E-state index in [1.807, 2.05) is 63.2 Å². The second kappa shape index (κ2) is 6.72. The van der Waals surface area contributed by atoms with Gasteiger partial charge in [-0.25, -0.2) is 0 Å². The highest BCUT2D eigenvalue weighted by atomic mass is 16.4. The molecule has 6 nitrogen and oxygen atoms in total. The molecule has 2 aromatic heterocycles. The van der Waals surface area contributed by atoms with Crippen LogP contribution in [0.15, 0.2) is 51.3 Å². The number of furan rings is 1. The minimum absolute atomic E-state index is 0.0883. The van der Waals surface area contributed by atoms with Gasteiger partial charge < -0.3 is 14.2 Å². The molecular formula is C21H19N3O3. The molecule has 6 heteroatoms. The Bertz CT molecular complexity index is 1140. The summed E-state index contributed by atoms with van der Waals surface area (Å²) in [7, 11) is 0. The Morgan fingerprint density at radius 2 is 1.85 bits per heavy atom. The number of nitrogens with zero attached hydrogens (tertiary/aromatic N) is 2. The van der Waals surface area contributed by atoms with Crippen LogP contribution in [-0.4, -0.2) is 16.1 Å². The summed E-state index contributed by atoms with van der Waals surface area (Å²) in [5, 5.41) is 11.7. The molecule has 0 atom stereocenters. The van der Waals surface area contributed by atoms with Crippen molar-refractivity contribution in [2.45, 2.75) is 27.3 Å². The molecule has 4 aromatic rings. The summed E-state index contributed by atoms with van der Waals surface area (Å²) in [6.07, 6.45) is 0. The maximum absolute atomic E-state index is 12.3. The van der Waals surface area contributed by atoms with Crippen LogP contribution in [0.2, 0.25) is 0 Å². The molecule has 0 spiro atoms. The van der Waals surface area contributed by atoms with E-state index in [1.54, 1.807) is 0 Å². The Hall–Kier alpha value is -3.41. The van der Waals surface area contributed by atoms with Crippen LogP contribution in [0.25, 0.3) is 22.6 Å². The SMILES string of the molecule is Cc1ccc2oc(-c3nnc(C(=O)NCc4ccccc4C)o3)c(C)c2c1. The van der Waals surface area contributed by atoms with Crippen LogP contribution in [0.5, 0.6) is 0 Å². The number of carbonyl (C=O) groups is 1. The smallest absolute Gasteiger partial charge is 0.309 e. The largest absolute Gasteiger partial charge is 0.451 e. The molecule has 0 radical (unpaired) electrons. The van der Waals surface area contributed by atoms with E-state index in [2.05, 4.69) is 15.5 Å². The number of amides is 1. The number of fused-ring (bicyclic) bond motifs is 1. The number of hydrogen-bond acceptors (Lipinski definition) is 5. The Labute approximate surface area is 156 Å². The second-order valence-corrected chi connectivity index (χ2v) is 6.58. The summed E-state index contributed by atoms with van der Waals surface area (Å²) >= 11 is 0. The van der Waals surface area contributed by atoms with Gasteiger partial charge in [0.25, 0.3) is 5.89 Å². The first kappa shape index (κ1) is 17.0. The molecule has 0 saturated heterocycles. The topological polar surface area (TPSA) is 81.2 Å². The lowest BCUT2D eigenvalue weighted by atomic mass is 10.1. The Balaban J connectivity index is 1.56. The molecule has 1 N–H and O–H groups in total. The van der Waals surface area contributed by atoms with Crippen molar-refractivity contribution in [1.82, 2.24) is 15.5 Å². The first-order valence-electron chi connectivity index (χ1n) is 8.69. The Kier molecular flexibility index (Phi) is 4.24. The van der Waals surface area contributed by atoms with Gasteiger partial charge in [0, 0.05) is 17.5 Å². The molecule has 2 aromatic carbocycles. The molecule has 0 aliphatic rings. The lowest BCUT2D eigenvalue weighted by Gasteiger charge is -2.05. The number of nitrogens with one attached hydrogen (secondary N) is 1. The number of rotatable bonds is 4. The lowest BCUT2D eigenvalue weighted by molar-refractivity contribution is 0.0916. The zero-order valence-corrected chi connectivity index (χ0v) is 15.4. The van der Waals surface area contributed by atoms with Gasteiger partial charge in [-0.15, -0.1) is 10.2 Å². The van der Waals surface area contributed by atoms with Gasteiger partial charge in [-0.3, -0.25) is 4.79 Å². The second-order valence-electron chi connectivity index (χ2n) is 6.58. The number of benzene rings is 2. The van der Waals surface area contributed by atoms with Gasteiger partial charge in [0.05, 0.1) is 0 Å². The van der Waals surface area contributed by atoms with E-state index >= 15 is 0 Å². The molecule has 0 aliphatic carbocycles. The molecule has 0 bridgehead atoms. The standard InChI is InChI=1S/C21H19N3O3/c1-12-8-9-17-16(10-12)14(3)18(26-17)20-23-24-21(27-20)19(25)22-11-15-7-5-4-6-13(15)2/h4-10H,11H2,1-3H3,(H,22,25). The third-order valence-electron chi connectivity index (χ3n) is 4.61. The van der Waals surface area contributed by atoms with Crippen molar-refractivity contribution < 1.29 is 13.6 Å². The van der Waals surface area contributed by atoms with Crippen molar-refractivity contribution >= 4 is 16.9 Å². The van der Waals surface area contributed by atoms with E-state index in [-0.39, 0.29) is 11.8 Å². The summed E-state index contributed by atoms with van der Waals surface area (Å²) in [6.45, 7) is 6.35. The maximum atomic E-state index is 12.3. The van der Waals surface area contributed by atoms with Gasteiger partial charge in [0.15, 0.2) is 5.76 Å². The number of aromatic nitrogens is 2. The first-order valence-corrected chi connectivity index (χ1v) is 8.69. The van der Waals surface area contributed by atoms with E-state index in [0.717, 1.165) is 33.2 Å². The Morgan fingerprint density at radius 1 is 1.04 bits per heavy atom. The van der Waals surface area contributed by atoms with Gasteiger partial charge in [0.1, 0.15) is 5.58 Å². The van der Waals surface area contributed by atoms with Crippen molar-refractivity contribution in [2.24, 2.45) is 0 Å². The zero-order valence-electron chi connectivity index (χ0n) is 15.4. The van der Waals surface area contributed by atoms with Gasteiger partial charge in [-0.2, -0.15) is 0 Å². The van der Waals surface area contributed by atoms with Crippen molar-refractivity contribution in [3.63, 3.8) is 0 Å². The molecule has 136 valence electrons. The lowest BCUT2D eigenvalue weighted by Crippen LogP contribution is -2.23. The third kappa shape index (κ3) is 3.21. The van der Waals surface area contributed by atoms with Crippen molar-refractivity contribution in [3.05, 3.63) is 70.6 Å². The molecule has 0 saturated carbocycles. The highest BCUT2D eigenvalue weighted by molar-refractivity contribution is 5.90. The summed E-state index contributed by atoms with van der Waals surface area (Å²) in [5.41, 5.74) is 4.94. The van der Waals surface area contributed by atoms with Gasteiger partial charge in [-0.05, 0) is 44.0 Å². The van der Waals surface area contributed by atoms with E-state index < -0.39 is 5.91 Å². The van der Waals surface area contributed by atoms with Crippen molar-refractivity contribution in [2.75, 3.05) is 0 Å². The molecular weight excluding hydrogens is 342 g/mol. The molecule has 0 aliphatic heterocycles. The Morgan fingerprint density at radius 3 is 2.67 bits per heavy atom. The molecule has 4 rings (SSSR count). The quantitative estimate of drug-likeness (QED) is 0.585. The minimum Gasteiger partial charge on any atom is -0.451 e. The summed E-state index contributed by atoms with van der Waals surface area (Å²) in [5.74, 6) is 0.180. The van der Waals surface area contributed by atoms with Crippen LogP contribution in [0.1, 0.15) is 32.9 Å². The fraction of sp³-hybridized carbons (Fsp3) is 0.190. The first-order chi connectivity index (χ1) is 13.0. The summed E-state index contributed by atoms with van der Waals surface area (Å²) in [6, 6.07) is 13.8. The molecule has 0 fully saturated rings. The zero-order chi connectivity index (χ0) is 19.0. The molecule has 27 heavy (non-hydrogen) atoms. The molecule has 2 heterocycles. The van der Waals surface area contributed by atoms with Crippen LogP contribution in [0.4, 0.5) is 0 Å². The van der Waals surface area contributed by atoms with Crippen LogP contribution in [0, 0.1) is 20.8 Å². The van der Waals surface area contributed by atoms with Gasteiger partial charge >= 0.3 is 11.8 Å².